The van der Waals surface area contributed by atoms with Gasteiger partial charge in [0.2, 0.25) is 5.16 Å². The van der Waals surface area contributed by atoms with Gasteiger partial charge in [0, 0.05) is 18.1 Å². The van der Waals surface area contributed by atoms with Crippen LogP contribution >= 0.6 is 11.8 Å². The maximum absolute atomic E-state index is 11.1. The first-order valence-corrected chi connectivity index (χ1v) is 9.38. The highest BCUT2D eigenvalue weighted by Gasteiger charge is 2.17. The minimum atomic E-state index is -0.563. The standard InChI is InChI=1S/C18H17N5O4S/c1-27-15-10-14(23(25)26)9-13(17(15)24)11-19-22-16(20-21-18(22)28-2)8-12-6-4-3-5-7-12/h3-7,9-11,24H,8H2,1-2H3/b19-11-. The van der Waals surface area contributed by atoms with Crippen LogP contribution in [0.15, 0.2) is 52.7 Å². The molecule has 9 nitrogen and oxygen atoms in total. The molecule has 3 rings (SSSR count). The summed E-state index contributed by atoms with van der Waals surface area (Å²) in [5, 5.41) is 34.6. The van der Waals surface area contributed by atoms with E-state index in [1.807, 2.05) is 36.6 Å². The van der Waals surface area contributed by atoms with E-state index in [4.69, 9.17) is 4.74 Å². The van der Waals surface area contributed by atoms with E-state index in [1.165, 1.54) is 31.2 Å². The zero-order valence-electron chi connectivity index (χ0n) is 15.1. The molecule has 0 radical (unpaired) electrons. The smallest absolute Gasteiger partial charge is 0.274 e. The molecular weight excluding hydrogens is 382 g/mol. The summed E-state index contributed by atoms with van der Waals surface area (Å²) < 4.78 is 6.55. The molecule has 1 N–H and O–H groups in total. The van der Waals surface area contributed by atoms with E-state index in [2.05, 4.69) is 15.3 Å². The van der Waals surface area contributed by atoms with Crippen LogP contribution in [0.4, 0.5) is 5.69 Å². The number of nitrogens with zero attached hydrogens (tertiary/aromatic N) is 5. The second-order valence-electron chi connectivity index (χ2n) is 5.66. The number of thioether (sulfide) groups is 1. The number of hydrogen-bond acceptors (Lipinski definition) is 8. The second-order valence-corrected chi connectivity index (χ2v) is 6.44. The Morgan fingerprint density at radius 1 is 1.32 bits per heavy atom. The van der Waals surface area contributed by atoms with E-state index in [0.717, 1.165) is 11.6 Å². The highest BCUT2D eigenvalue weighted by molar-refractivity contribution is 7.98. The Labute approximate surface area is 164 Å². The molecule has 2 aromatic carbocycles. The van der Waals surface area contributed by atoms with Crippen molar-refractivity contribution >= 4 is 23.7 Å². The van der Waals surface area contributed by atoms with Gasteiger partial charge in [0.05, 0.1) is 24.3 Å². The van der Waals surface area contributed by atoms with Gasteiger partial charge in [-0.2, -0.15) is 9.78 Å². The molecule has 0 aliphatic rings. The fourth-order valence-electron chi connectivity index (χ4n) is 2.52. The van der Waals surface area contributed by atoms with Crippen molar-refractivity contribution in [2.75, 3.05) is 13.4 Å². The maximum Gasteiger partial charge on any atom is 0.274 e. The highest BCUT2D eigenvalue weighted by Crippen LogP contribution is 2.33. The average molecular weight is 399 g/mol. The number of benzene rings is 2. The molecule has 0 saturated carbocycles. The van der Waals surface area contributed by atoms with Crippen molar-refractivity contribution in [3.05, 3.63) is 69.5 Å². The van der Waals surface area contributed by atoms with Crippen LogP contribution in [0.1, 0.15) is 17.0 Å². The van der Waals surface area contributed by atoms with E-state index < -0.39 is 4.92 Å². The number of hydrogen-bond donors (Lipinski definition) is 1. The van der Waals surface area contributed by atoms with Gasteiger partial charge >= 0.3 is 0 Å². The summed E-state index contributed by atoms with van der Waals surface area (Å²) in [6.07, 6.45) is 3.68. The van der Waals surface area contributed by atoms with E-state index in [1.54, 1.807) is 4.68 Å². The zero-order valence-corrected chi connectivity index (χ0v) is 16.0. The van der Waals surface area contributed by atoms with Crippen molar-refractivity contribution in [1.29, 1.82) is 0 Å². The van der Waals surface area contributed by atoms with Crippen LogP contribution in [0.2, 0.25) is 0 Å². The third kappa shape index (κ3) is 4.12. The number of ether oxygens (including phenoxy) is 1. The molecule has 0 spiro atoms. The van der Waals surface area contributed by atoms with Gasteiger partial charge in [0.1, 0.15) is 0 Å². The predicted octanol–water partition coefficient (Wildman–Crippen LogP) is 3.10. The first-order chi connectivity index (χ1) is 13.5. The number of phenolic OH excluding ortho intramolecular Hbond substituents is 1. The van der Waals surface area contributed by atoms with Crippen LogP contribution in [-0.4, -0.2) is 44.5 Å². The summed E-state index contributed by atoms with van der Waals surface area (Å²) in [5.41, 5.74) is 0.978. The third-order valence-corrected chi connectivity index (χ3v) is 4.52. The Balaban J connectivity index is 1.99. The Bertz CT molecular complexity index is 1020. The monoisotopic (exact) mass is 399 g/mol. The van der Waals surface area contributed by atoms with Gasteiger partial charge in [-0.15, -0.1) is 10.2 Å². The molecule has 0 unspecified atom stereocenters. The lowest BCUT2D eigenvalue weighted by Crippen LogP contribution is -2.02. The topological polar surface area (TPSA) is 116 Å². The number of methoxy groups -OCH3 is 1. The number of rotatable bonds is 7. The number of aromatic hydroxyl groups is 1. The lowest BCUT2D eigenvalue weighted by atomic mass is 10.1. The number of nitro benzene ring substituents is 1. The number of aromatic nitrogens is 3. The molecule has 28 heavy (non-hydrogen) atoms. The Morgan fingerprint density at radius 2 is 2.07 bits per heavy atom. The molecule has 0 amide bonds. The van der Waals surface area contributed by atoms with E-state index >= 15 is 0 Å². The fourth-order valence-corrected chi connectivity index (χ4v) is 2.97. The van der Waals surface area contributed by atoms with Crippen molar-refractivity contribution in [3.8, 4) is 11.5 Å². The van der Waals surface area contributed by atoms with Crippen LogP contribution in [0.5, 0.6) is 11.5 Å². The fraction of sp³-hybridized carbons (Fsp3) is 0.167. The van der Waals surface area contributed by atoms with Crippen LogP contribution in [0, 0.1) is 10.1 Å². The molecule has 0 aliphatic carbocycles. The average Bonchev–Trinajstić information content (AvgIpc) is 3.09. The van der Waals surface area contributed by atoms with Crippen molar-refractivity contribution in [1.82, 2.24) is 14.9 Å². The number of phenols is 1. The minimum Gasteiger partial charge on any atom is -0.504 e. The van der Waals surface area contributed by atoms with Gasteiger partial charge in [-0.1, -0.05) is 42.1 Å². The van der Waals surface area contributed by atoms with Crippen LogP contribution in [0.25, 0.3) is 0 Å². The van der Waals surface area contributed by atoms with E-state index in [-0.39, 0.29) is 22.7 Å². The highest BCUT2D eigenvalue weighted by atomic mass is 32.2. The largest absolute Gasteiger partial charge is 0.504 e. The summed E-state index contributed by atoms with van der Waals surface area (Å²) in [6, 6.07) is 12.1. The first-order valence-electron chi connectivity index (χ1n) is 8.15. The summed E-state index contributed by atoms with van der Waals surface area (Å²) >= 11 is 1.36. The molecule has 3 aromatic rings. The van der Waals surface area contributed by atoms with Crippen LogP contribution in [-0.2, 0) is 6.42 Å². The van der Waals surface area contributed by atoms with Gasteiger partial charge in [-0.05, 0) is 11.8 Å². The van der Waals surface area contributed by atoms with Gasteiger partial charge < -0.3 is 9.84 Å². The quantitative estimate of drug-likeness (QED) is 0.281. The summed E-state index contributed by atoms with van der Waals surface area (Å²) in [5.74, 6) is 0.359. The predicted molar refractivity (Wildman–Crippen MR) is 105 cm³/mol. The van der Waals surface area contributed by atoms with Gasteiger partial charge in [0.25, 0.3) is 5.69 Å². The molecule has 0 atom stereocenters. The normalized spacial score (nSPS) is 11.1. The molecule has 0 saturated heterocycles. The summed E-state index contributed by atoms with van der Waals surface area (Å²) in [7, 11) is 1.32. The molecule has 0 bridgehead atoms. The molecule has 144 valence electrons. The van der Waals surface area contributed by atoms with E-state index in [9.17, 15) is 15.2 Å². The zero-order chi connectivity index (χ0) is 20.1. The van der Waals surface area contributed by atoms with Crippen molar-refractivity contribution in [2.45, 2.75) is 11.6 Å². The number of non-ortho nitro benzene ring substituents is 1. The van der Waals surface area contributed by atoms with Crippen LogP contribution < -0.4 is 4.74 Å². The molecular formula is C18H17N5O4S. The SMILES string of the molecule is COc1cc([N+](=O)[O-])cc(/C=N\n2c(Cc3ccccc3)nnc2SC)c1O. The number of nitro groups is 1. The molecule has 10 heteroatoms. The molecule has 0 aliphatic heterocycles. The second kappa shape index (κ2) is 8.53. The molecule has 0 fully saturated rings. The molecule has 1 aromatic heterocycles. The van der Waals surface area contributed by atoms with Gasteiger partial charge in [-0.25, -0.2) is 0 Å². The lowest BCUT2D eigenvalue weighted by Gasteiger charge is -2.07. The summed E-state index contributed by atoms with van der Waals surface area (Å²) in [6.45, 7) is 0. The maximum atomic E-state index is 11.1. The van der Waals surface area contributed by atoms with Crippen LogP contribution in [0.3, 0.4) is 0 Å². The third-order valence-electron chi connectivity index (χ3n) is 3.90. The first kappa shape index (κ1) is 19.4. The van der Waals surface area contributed by atoms with Gasteiger partial charge in [-0.3, -0.25) is 10.1 Å². The lowest BCUT2D eigenvalue weighted by molar-refractivity contribution is -0.385. The minimum absolute atomic E-state index is 0.00555. The Hall–Kier alpha value is -3.40. The summed E-state index contributed by atoms with van der Waals surface area (Å²) in [4.78, 5) is 10.6. The van der Waals surface area contributed by atoms with Gasteiger partial charge in [0.15, 0.2) is 17.3 Å². The van der Waals surface area contributed by atoms with Crippen molar-refractivity contribution < 1.29 is 14.8 Å². The van der Waals surface area contributed by atoms with E-state index in [0.29, 0.717) is 17.4 Å². The van der Waals surface area contributed by atoms with Crippen molar-refractivity contribution in [3.63, 3.8) is 0 Å². The van der Waals surface area contributed by atoms with Crippen molar-refractivity contribution in [2.24, 2.45) is 5.10 Å². The Kier molecular flexibility index (Phi) is 5.90. The molecule has 1 heterocycles. The Morgan fingerprint density at radius 3 is 2.71 bits per heavy atom.